The van der Waals surface area contributed by atoms with E-state index in [1.165, 1.54) is 38.5 Å². The second-order valence-electron chi connectivity index (χ2n) is 9.63. The molecular formula is C34H51ClN2O. The number of Topliss-reactive ketones (excluding diaryl/α,β-unsaturated/α-hetero) is 1. The van der Waals surface area contributed by atoms with E-state index in [0.717, 1.165) is 57.9 Å². The van der Waals surface area contributed by atoms with Crippen LogP contribution in [0.25, 0.3) is 16.9 Å². The zero-order valence-corrected chi connectivity index (χ0v) is 26.2. The van der Waals surface area contributed by atoms with Gasteiger partial charge in [0.1, 0.15) is 0 Å². The fraction of sp³-hybridized carbons (Fsp3) is 0.500. The monoisotopic (exact) mass is 538 g/mol. The molecule has 0 aliphatic rings. The first-order chi connectivity index (χ1) is 18.3. The van der Waals surface area contributed by atoms with Crippen LogP contribution >= 0.6 is 11.6 Å². The van der Waals surface area contributed by atoms with Gasteiger partial charge in [-0.1, -0.05) is 109 Å². The van der Waals surface area contributed by atoms with Gasteiger partial charge in [0, 0.05) is 24.0 Å². The third kappa shape index (κ3) is 9.05. The molecule has 3 nitrogen and oxygen atoms in total. The fourth-order valence-electron chi connectivity index (χ4n) is 4.74. The van der Waals surface area contributed by atoms with Crippen molar-refractivity contribution in [2.24, 2.45) is 0 Å². The van der Waals surface area contributed by atoms with E-state index in [-0.39, 0.29) is 5.78 Å². The van der Waals surface area contributed by atoms with Crippen molar-refractivity contribution in [3.8, 4) is 16.9 Å². The molecule has 2 aromatic carbocycles. The van der Waals surface area contributed by atoms with Crippen molar-refractivity contribution in [3.05, 3.63) is 69.9 Å². The molecule has 4 heteroatoms. The van der Waals surface area contributed by atoms with Crippen molar-refractivity contribution >= 4 is 23.1 Å². The van der Waals surface area contributed by atoms with E-state index in [9.17, 15) is 4.79 Å². The third-order valence-corrected chi connectivity index (χ3v) is 6.90. The van der Waals surface area contributed by atoms with Gasteiger partial charge in [-0.05, 0) is 68.1 Å². The van der Waals surface area contributed by atoms with E-state index in [2.05, 4.69) is 61.0 Å². The van der Waals surface area contributed by atoms with Crippen molar-refractivity contribution in [3.63, 3.8) is 0 Å². The van der Waals surface area contributed by atoms with Crippen LogP contribution in [-0.4, -0.2) is 17.4 Å². The van der Waals surface area contributed by atoms with Gasteiger partial charge in [0.2, 0.25) is 0 Å². The number of aryl methyl sites for hydroxylation is 1. The van der Waals surface area contributed by atoms with Crippen molar-refractivity contribution in [2.75, 3.05) is 12.4 Å². The number of carbonyl (C=O) groups is 1. The van der Waals surface area contributed by atoms with Crippen LogP contribution in [0.5, 0.6) is 0 Å². The second-order valence-corrected chi connectivity index (χ2v) is 10.0. The van der Waals surface area contributed by atoms with Crippen molar-refractivity contribution in [2.45, 2.75) is 107 Å². The standard InChI is InChI=1S/C24H27ClN2O.C8H18.C2H6/c1-6-7-22-23(17(4)28)16(3)24(18-9-11-19(26-5)12-10-18)27(22)21-13-8-15(2)14-20(21)25;1-3-5-7-8-6-4-2;1-2/h8-14,26H,6-7H2,1-5H3;3-8H2,1-2H3;1-2H3. The van der Waals surface area contributed by atoms with Gasteiger partial charge >= 0.3 is 0 Å². The van der Waals surface area contributed by atoms with Gasteiger partial charge in [0.25, 0.3) is 0 Å². The summed E-state index contributed by atoms with van der Waals surface area (Å²) < 4.78 is 2.19. The molecule has 1 aromatic heterocycles. The van der Waals surface area contributed by atoms with Crippen molar-refractivity contribution in [1.29, 1.82) is 0 Å². The molecule has 0 saturated carbocycles. The van der Waals surface area contributed by atoms with Gasteiger partial charge in [0.15, 0.2) is 5.78 Å². The Bertz CT molecular complexity index is 1110. The summed E-state index contributed by atoms with van der Waals surface area (Å²) >= 11 is 6.67. The Balaban J connectivity index is 0.000000620. The number of nitrogens with one attached hydrogen (secondary N) is 1. The number of aromatic nitrogens is 1. The number of hydrogen-bond donors (Lipinski definition) is 1. The molecule has 1 heterocycles. The van der Waals surface area contributed by atoms with Crippen LogP contribution in [0.15, 0.2) is 42.5 Å². The Labute approximate surface area is 238 Å². The van der Waals surface area contributed by atoms with Gasteiger partial charge < -0.3 is 9.88 Å². The van der Waals surface area contributed by atoms with E-state index in [1.807, 2.05) is 46.9 Å². The first-order valence-electron chi connectivity index (χ1n) is 14.6. The lowest BCUT2D eigenvalue weighted by Crippen LogP contribution is -2.06. The number of hydrogen-bond acceptors (Lipinski definition) is 2. The first kappa shape index (κ1) is 33.5. The first-order valence-corrected chi connectivity index (χ1v) is 15.0. The summed E-state index contributed by atoms with van der Waals surface area (Å²) in [7, 11) is 1.90. The molecule has 0 amide bonds. The van der Waals surface area contributed by atoms with Gasteiger partial charge in [-0.2, -0.15) is 0 Å². The van der Waals surface area contributed by atoms with Crippen LogP contribution < -0.4 is 5.32 Å². The molecule has 210 valence electrons. The topological polar surface area (TPSA) is 34.0 Å². The molecule has 0 spiro atoms. The highest BCUT2D eigenvalue weighted by atomic mass is 35.5. The summed E-state index contributed by atoms with van der Waals surface area (Å²) in [5, 5.41) is 3.85. The summed E-state index contributed by atoms with van der Waals surface area (Å²) in [6, 6.07) is 14.4. The number of nitrogens with zero attached hydrogens (tertiary/aromatic N) is 1. The maximum atomic E-state index is 12.6. The highest BCUT2D eigenvalue weighted by molar-refractivity contribution is 6.32. The van der Waals surface area contributed by atoms with Crippen LogP contribution in [0.1, 0.15) is 114 Å². The molecule has 0 unspecified atom stereocenters. The summed E-state index contributed by atoms with van der Waals surface area (Å²) in [6.07, 6.45) is 10.3. The van der Waals surface area contributed by atoms with Crippen LogP contribution in [-0.2, 0) is 6.42 Å². The van der Waals surface area contributed by atoms with E-state index < -0.39 is 0 Å². The number of rotatable bonds is 11. The molecule has 38 heavy (non-hydrogen) atoms. The number of carbonyl (C=O) groups excluding carboxylic acids is 1. The lowest BCUT2D eigenvalue weighted by atomic mass is 10.0. The highest BCUT2D eigenvalue weighted by Crippen LogP contribution is 2.38. The lowest BCUT2D eigenvalue weighted by molar-refractivity contribution is 0.101. The number of benzene rings is 2. The molecule has 0 aliphatic carbocycles. The number of ketones is 1. The molecule has 0 atom stereocenters. The molecule has 0 bridgehead atoms. The van der Waals surface area contributed by atoms with E-state index in [0.29, 0.717) is 5.02 Å². The predicted molar refractivity (Wildman–Crippen MR) is 170 cm³/mol. The summed E-state index contributed by atoms with van der Waals surface area (Å²) in [5.74, 6) is 0.0935. The average Bonchev–Trinajstić information content (AvgIpc) is 3.20. The molecule has 1 N–H and O–H groups in total. The van der Waals surface area contributed by atoms with Crippen LogP contribution in [0.4, 0.5) is 5.69 Å². The zero-order valence-electron chi connectivity index (χ0n) is 25.4. The van der Waals surface area contributed by atoms with Crippen molar-refractivity contribution < 1.29 is 4.79 Å². The van der Waals surface area contributed by atoms with Gasteiger partial charge in [-0.15, -0.1) is 0 Å². The van der Waals surface area contributed by atoms with E-state index in [4.69, 9.17) is 11.6 Å². The molecular weight excluding hydrogens is 488 g/mol. The Morgan fingerprint density at radius 3 is 1.89 bits per heavy atom. The predicted octanol–water partition coefficient (Wildman–Crippen LogP) is 11.0. The zero-order chi connectivity index (χ0) is 28.7. The van der Waals surface area contributed by atoms with Gasteiger partial charge in [-0.3, -0.25) is 4.79 Å². The highest BCUT2D eigenvalue weighted by Gasteiger charge is 2.25. The molecule has 3 rings (SSSR count). The van der Waals surface area contributed by atoms with E-state index >= 15 is 0 Å². The minimum absolute atomic E-state index is 0.0935. The molecule has 3 aromatic rings. The largest absolute Gasteiger partial charge is 0.388 e. The minimum Gasteiger partial charge on any atom is -0.388 e. The van der Waals surface area contributed by atoms with Crippen LogP contribution in [0, 0.1) is 13.8 Å². The Kier molecular flexibility index (Phi) is 15.8. The molecule has 0 saturated heterocycles. The smallest absolute Gasteiger partial charge is 0.161 e. The quantitative estimate of drug-likeness (QED) is 0.194. The Morgan fingerprint density at radius 1 is 0.868 bits per heavy atom. The number of unbranched alkanes of at least 4 members (excludes halogenated alkanes) is 5. The summed E-state index contributed by atoms with van der Waals surface area (Å²) in [4.78, 5) is 12.6. The third-order valence-electron chi connectivity index (χ3n) is 6.60. The van der Waals surface area contributed by atoms with Crippen LogP contribution in [0.3, 0.4) is 0 Å². The normalized spacial score (nSPS) is 10.3. The molecule has 0 radical (unpaired) electrons. The van der Waals surface area contributed by atoms with Gasteiger partial charge in [-0.25, -0.2) is 0 Å². The average molecular weight is 539 g/mol. The van der Waals surface area contributed by atoms with Crippen molar-refractivity contribution in [1.82, 2.24) is 4.57 Å². The SMILES string of the molecule is CC.CCCCCCCC.CCCc1c(C(C)=O)c(C)c(-c2ccc(NC)cc2)n1-c1ccc(C)cc1Cl. The van der Waals surface area contributed by atoms with E-state index in [1.54, 1.807) is 6.92 Å². The maximum absolute atomic E-state index is 12.6. The summed E-state index contributed by atoms with van der Waals surface area (Å²) in [6.45, 7) is 16.4. The second kappa shape index (κ2) is 17.9. The Hall–Kier alpha value is -2.52. The minimum atomic E-state index is 0.0935. The Morgan fingerprint density at radius 2 is 1.45 bits per heavy atom. The van der Waals surface area contributed by atoms with Gasteiger partial charge in [0.05, 0.1) is 16.4 Å². The maximum Gasteiger partial charge on any atom is 0.161 e. The molecule has 0 aliphatic heterocycles. The van der Waals surface area contributed by atoms with Crippen LogP contribution in [0.2, 0.25) is 5.02 Å². The summed E-state index contributed by atoms with van der Waals surface area (Å²) in [5.41, 5.74) is 8.02. The number of anilines is 1. The fourth-order valence-corrected chi connectivity index (χ4v) is 5.06. The molecule has 0 fully saturated rings. The lowest BCUT2D eigenvalue weighted by Gasteiger charge is -2.17. The number of halogens is 1.